The molecule has 0 aliphatic carbocycles. The van der Waals surface area contributed by atoms with Crippen LogP contribution in [0, 0.1) is 0 Å². The van der Waals surface area contributed by atoms with Gasteiger partial charge < -0.3 is 19.8 Å². The summed E-state index contributed by atoms with van der Waals surface area (Å²) >= 11 is 0. The van der Waals surface area contributed by atoms with Crippen LogP contribution in [0.2, 0.25) is 0 Å². The van der Waals surface area contributed by atoms with Gasteiger partial charge in [-0.1, -0.05) is 12.1 Å². The van der Waals surface area contributed by atoms with Gasteiger partial charge in [-0.25, -0.2) is 18.4 Å². The number of fused-ring (bicyclic) bond motifs is 2. The second kappa shape index (κ2) is 7.51. The molecule has 1 fully saturated rings. The Bertz CT molecular complexity index is 1370. The molecule has 0 spiro atoms. The van der Waals surface area contributed by atoms with E-state index in [1.807, 2.05) is 18.2 Å². The topological polar surface area (TPSA) is 109 Å². The fourth-order valence-corrected chi connectivity index (χ4v) is 5.51. The molecule has 160 valence electrons. The second-order valence-corrected chi connectivity index (χ2v) is 9.41. The van der Waals surface area contributed by atoms with Crippen molar-refractivity contribution < 1.29 is 17.9 Å². The highest BCUT2D eigenvalue weighted by atomic mass is 32.2. The Balaban J connectivity index is 1.76. The van der Waals surface area contributed by atoms with E-state index in [1.54, 1.807) is 22.8 Å². The molecule has 1 atom stereocenters. The van der Waals surface area contributed by atoms with Crippen molar-refractivity contribution in [1.29, 1.82) is 0 Å². The lowest BCUT2D eigenvalue weighted by atomic mass is 10.2. The molecule has 1 aliphatic rings. The van der Waals surface area contributed by atoms with Crippen LogP contribution in [-0.2, 0) is 21.1 Å². The Morgan fingerprint density at radius 3 is 2.48 bits per heavy atom. The average molecular weight is 439 g/mol. The van der Waals surface area contributed by atoms with Crippen LogP contribution in [-0.4, -0.2) is 42.8 Å². The van der Waals surface area contributed by atoms with E-state index in [0.29, 0.717) is 35.6 Å². The van der Waals surface area contributed by atoms with Crippen molar-refractivity contribution in [2.24, 2.45) is 0 Å². The number of benzene rings is 2. The van der Waals surface area contributed by atoms with Gasteiger partial charge in [0.05, 0.1) is 35.7 Å². The van der Waals surface area contributed by atoms with E-state index in [9.17, 15) is 8.42 Å². The van der Waals surface area contributed by atoms with Gasteiger partial charge in [-0.3, -0.25) is 0 Å². The Labute approximate surface area is 179 Å². The largest absolute Gasteiger partial charge is 0.497 e. The average Bonchev–Trinajstić information content (AvgIpc) is 3.39. The summed E-state index contributed by atoms with van der Waals surface area (Å²) in [6.45, 7) is 1.11. The number of hydrogen-bond acceptors (Lipinski definition) is 7. The van der Waals surface area contributed by atoms with E-state index < -0.39 is 9.84 Å². The number of para-hydroxylation sites is 2. The molecule has 0 amide bonds. The van der Waals surface area contributed by atoms with Crippen LogP contribution < -0.4 is 10.5 Å². The number of rotatable bonds is 5. The minimum absolute atomic E-state index is 0.0242. The SMILES string of the molecule is COc1ccc(S(=O)(=O)c2c(N)n(CC3CCCO3)c3nc4ccccc4nc23)cc1. The summed E-state index contributed by atoms with van der Waals surface area (Å²) in [4.78, 5) is 9.46. The van der Waals surface area contributed by atoms with Gasteiger partial charge in [0.25, 0.3) is 0 Å². The number of nitrogens with two attached hydrogens (primary N) is 1. The molecule has 9 heteroatoms. The lowest BCUT2D eigenvalue weighted by Gasteiger charge is -2.13. The van der Waals surface area contributed by atoms with E-state index in [-0.39, 0.29) is 27.2 Å². The third-order valence-electron chi connectivity index (χ3n) is 5.59. The number of ether oxygens (including phenoxy) is 2. The first kappa shape index (κ1) is 19.8. The van der Waals surface area contributed by atoms with Crippen molar-refractivity contribution in [3.8, 4) is 5.75 Å². The van der Waals surface area contributed by atoms with E-state index in [1.165, 1.54) is 19.2 Å². The number of methoxy groups -OCH3 is 1. The summed E-state index contributed by atoms with van der Waals surface area (Å²) in [7, 11) is -2.42. The summed E-state index contributed by atoms with van der Waals surface area (Å²) in [5.41, 5.74) is 8.45. The minimum Gasteiger partial charge on any atom is -0.497 e. The maximum atomic E-state index is 13.6. The highest BCUT2D eigenvalue weighted by Crippen LogP contribution is 2.36. The zero-order valence-corrected chi connectivity index (χ0v) is 17.8. The van der Waals surface area contributed by atoms with Gasteiger partial charge in [-0.2, -0.15) is 0 Å². The smallest absolute Gasteiger partial charge is 0.212 e. The van der Waals surface area contributed by atoms with E-state index in [2.05, 4.69) is 4.98 Å². The van der Waals surface area contributed by atoms with E-state index >= 15 is 0 Å². The fraction of sp³-hybridized carbons (Fsp3) is 0.273. The summed E-state index contributed by atoms with van der Waals surface area (Å²) in [5, 5.41) is 0. The molecular weight excluding hydrogens is 416 g/mol. The van der Waals surface area contributed by atoms with Crippen molar-refractivity contribution in [2.45, 2.75) is 35.3 Å². The molecule has 2 aromatic heterocycles. The zero-order chi connectivity index (χ0) is 21.6. The first-order valence-corrected chi connectivity index (χ1v) is 11.5. The van der Waals surface area contributed by atoms with Gasteiger partial charge in [0.2, 0.25) is 9.84 Å². The first-order valence-electron chi connectivity index (χ1n) is 10.0. The van der Waals surface area contributed by atoms with Crippen LogP contribution in [0.5, 0.6) is 5.75 Å². The molecule has 2 N–H and O–H groups in total. The lowest BCUT2D eigenvalue weighted by Crippen LogP contribution is -2.17. The van der Waals surface area contributed by atoms with E-state index in [4.69, 9.17) is 20.2 Å². The Hall–Kier alpha value is -3.17. The molecule has 1 aliphatic heterocycles. The van der Waals surface area contributed by atoms with Gasteiger partial charge in [0.15, 0.2) is 5.65 Å². The van der Waals surface area contributed by atoms with Crippen LogP contribution >= 0.6 is 0 Å². The maximum Gasteiger partial charge on any atom is 0.212 e. The fourth-order valence-electron chi connectivity index (χ4n) is 4.00. The Kier molecular flexibility index (Phi) is 4.79. The molecular formula is C22H22N4O4S. The molecule has 3 heterocycles. The maximum absolute atomic E-state index is 13.6. The third kappa shape index (κ3) is 3.30. The van der Waals surface area contributed by atoms with Crippen molar-refractivity contribution in [3.63, 3.8) is 0 Å². The second-order valence-electron chi connectivity index (χ2n) is 7.52. The van der Waals surface area contributed by atoms with Gasteiger partial charge in [0.1, 0.15) is 22.0 Å². The summed E-state index contributed by atoms with van der Waals surface area (Å²) in [6.07, 6.45) is 1.82. The first-order chi connectivity index (χ1) is 15.0. The van der Waals surface area contributed by atoms with Gasteiger partial charge in [-0.15, -0.1) is 0 Å². The van der Waals surface area contributed by atoms with Gasteiger partial charge in [0, 0.05) is 6.61 Å². The van der Waals surface area contributed by atoms with Gasteiger partial charge >= 0.3 is 0 Å². The summed E-state index contributed by atoms with van der Waals surface area (Å²) < 4.78 is 39.9. The predicted molar refractivity (Wildman–Crippen MR) is 117 cm³/mol. The van der Waals surface area contributed by atoms with Crippen LogP contribution in [0.3, 0.4) is 0 Å². The molecule has 4 aromatic rings. The molecule has 1 saturated heterocycles. The highest BCUT2D eigenvalue weighted by Gasteiger charge is 2.31. The summed E-state index contributed by atoms with van der Waals surface area (Å²) in [5.74, 6) is 0.690. The van der Waals surface area contributed by atoms with Gasteiger partial charge in [-0.05, 0) is 49.2 Å². The minimum atomic E-state index is -3.95. The van der Waals surface area contributed by atoms with Crippen molar-refractivity contribution in [1.82, 2.24) is 14.5 Å². The number of aromatic nitrogens is 3. The molecule has 0 saturated carbocycles. The monoisotopic (exact) mass is 438 g/mol. The quantitative estimate of drug-likeness (QED) is 0.510. The van der Waals surface area contributed by atoms with Crippen LogP contribution in [0.4, 0.5) is 5.82 Å². The number of hydrogen-bond donors (Lipinski definition) is 1. The zero-order valence-electron chi connectivity index (χ0n) is 17.0. The number of nitrogen functional groups attached to an aromatic ring is 1. The van der Waals surface area contributed by atoms with E-state index in [0.717, 1.165) is 12.8 Å². The third-order valence-corrected chi connectivity index (χ3v) is 7.43. The normalized spacial score (nSPS) is 16.9. The lowest BCUT2D eigenvalue weighted by molar-refractivity contribution is 0.0983. The highest BCUT2D eigenvalue weighted by molar-refractivity contribution is 7.92. The van der Waals surface area contributed by atoms with Crippen LogP contribution in [0.15, 0.2) is 58.3 Å². The number of nitrogens with zero attached hydrogens (tertiary/aromatic N) is 3. The van der Waals surface area contributed by atoms with Crippen molar-refractivity contribution in [3.05, 3.63) is 48.5 Å². The summed E-state index contributed by atoms with van der Waals surface area (Å²) in [6, 6.07) is 13.6. The number of sulfone groups is 1. The molecule has 8 nitrogen and oxygen atoms in total. The number of anilines is 1. The Morgan fingerprint density at radius 1 is 1.13 bits per heavy atom. The van der Waals surface area contributed by atoms with Crippen molar-refractivity contribution in [2.75, 3.05) is 19.5 Å². The molecule has 2 aromatic carbocycles. The predicted octanol–water partition coefficient (Wildman–Crippen LogP) is 3.19. The molecule has 31 heavy (non-hydrogen) atoms. The van der Waals surface area contributed by atoms with Crippen LogP contribution in [0.25, 0.3) is 22.2 Å². The molecule has 5 rings (SSSR count). The Morgan fingerprint density at radius 2 is 1.84 bits per heavy atom. The van der Waals surface area contributed by atoms with Crippen LogP contribution in [0.1, 0.15) is 12.8 Å². The molecule has 0 radical (unpaired) electrons. The molecule has 1 unspecified atom stereocenters. The van der Waals surface area contributed by atoms with Crippen molar-refractivity contribution >= 4 is 37.9 Å². The molecule has 0 bridgehead atoms. The standard InChI is InChI=1S/C22H22N4O4S/c1-29-14-8-10-16(11-9-14)31(27,28)20-19-22(25-18-7-3-2-6-17(18)24-19)26(21(20)23)13-15-5-4-12-30-15/h2-3,6-11,15H,4-5,12-13,23H2,1H3.